The van der Waals surface area contributed by atoms with Crippen LogP contribution in [-0.2, 0) is 16.0 Å². The highest BCUT2D eigenvalue weighted by Crippen LogP contribution is 2.19. The van der Waals surface area contributed by atoms with Crippen molar-refractivity contribution >= 4 is 0 Å². The Kier molecular flexibility index (Phi) is 8.98. The van der Waals surface area contributed by atoms with Gasteiger partial charge in [-0.25, -0.2) is 4.98 Å². The predicted molar refractivity (Wildman–Crippen MR) is 83.9 cm³/mol. The Hall–Kier alpha value is -1.17. The SMILES string of the molecule is CNCc1cc(OCCCOCCOC)nc(C(C)C)c1. The molecular weight excluding hydrogens is 268 g/mol. The van der Waals surface area contributed by atoms with Gasteiger partial charge >= 0.3 is 0 Å². The van der Waals surface area contributed by atoms with Crippen LogP contribution in [0.2, 0.25) is 0 Å². The van der Waals surface area contributed by atoms with E-state index in [4.69, 9.17) is 14.2 Å². The standard InChI is InChI=1S/C16H28N2O3/c1-13(2)15-10-14(12-17-3)11-16(18-15)21-7-5-6-20-9-8-19-4/h10-11,13,17H,5-9,12H2,1-4H3. The molecule has 1 aromatic heterocycles. The molecule has 0 aliphatic heterocycles. The van der Waals surface area contributed by atoms with E-state index in [1.54, 1.807) is 7.11 Å². The number of rotatable bonds is 11. The Morgan fingerprint density at radius 2 is 1.95 bits per heavy atom. The Morgan fingerprint density at radius 3 is 2.62 bits per heavy atom. The topological polar surface area (TPSA) is 52.6 Å². The van der Waals surface area contributed by atoms with E-state index in [9.17, 15) is 0 Å². The minimum Gasteiger partial charge on any atom is -0.478 e. The monoisotopic (exact) mass is 296 g/mol. The van der Waals surface area contributed by atoms with E-state index >= 15 is 0 Å². The highest BCUT2D eigenvalue weighted by atomic mass is 16.5. The summed E-state index contributed by atoms with van der Waals surface area (Å²) < 4.78 is 16.1. The fourth-order valence-electron chi connectivity index (χ4n) is 1.84. The molecular formula is C16H28N2O3. The molecule has 0 spiro atoms. The molecule has 0 aromatic carbocycles. The molecule has 21 heavy (non-hydrogen) atoms. The normalized spacial score (nSPS) is 11.1. The molecule has 0 aliphatic rings. The van der Waals surface area contributed by atoms with Crippen LogP contribution in [0.1, 0.15) is 37.4 Å². The summed E-state index contributed by atoms with van der Waals surface area (Å²) in [7, 11) is 3.61. The molecule has 120 valence electrons. The van der Waals surface area contributed by atoms with Gasteiger partial charge in [-0.2, -0.15) is 0 Å². The lowest BCUT2D eigenvalue weighted by Crippen LogP contribution is -2.10. The highest BCUT2D eigenvalue weighted by Gasteiger charge is 2.07. The van der Waals surface area contributed by atoms with Gasteiger partial charge in [0.15, 0.2) is 0 Å². The molecule has 0 radical (unpaired) electrons. The van der Waals surface area contributed by atoms with Crippen LogP contribution in [0.5, 0.6) is 5.88 Å². The summed E-state index contributed by atoms with van der Waals surface area (Å²) in [5.41, 5.74) is 2.26. The van der Waals surface area contributed by atoms with Gasteiger partial charge in [0.1, 0.15) is 0 Å². The Balaban J connectivity index is 2.42. The summed E-state index contributed by atoms with van der Waals surface area (Å²) >= 11 is 0. The first-order valence-corrected chi connectivity index (χ1v) is 7.52. The summed E-state index contributed by atoms with van der Waals surface area (Å²) in [5, 5.41) is 3.16. The molecule has 1 heterocycles. The van der Waals surface area contributed by atoms with Gasteiger partial charge < -0.3 is 19.5 Å². The van der Waals surface area contributed by atoms with Gasteiger partial charge in [-0.3, -0.25) is 0 Å². The maximum absolute atomic E-state index is 5.74. The van der Waals surface area contributed by atoms with Crippen molar-refractivity contribution in [1.29, 1.82) is 0 Å². The molecule has 1 N–H and O–H groups in total. The lowest BCUT2D eigenvalue weighted by atomic mass is 10.1. The van der Waals surface area contributed by atoms with Crippen LogP contribution in [0.3, 0.4) is 0 Å². The Labute approximate surface area is 128 Å². The molecule has 0 atom stereocenters. The molecule has 0 fully saturated rings. The molecule has 0 amide bonds. The van der Waals surface area contributed by atoms with Gasteiger partial charge in [0, 0.05) is 38.4 Å². The number of hydrogen-bond acceptors (Lipinski definition) is 5. The molecule has 1 aromatic rings. The third-order valence-electron chi connectivity index (χ3n) is 2.97. The second-order valence-electron chi connectivity index (χ2n) is 5.23. The summed E-state index contributed by atoms with van der Waals surface area (Å²) in [5.74, 6) is 1.09. The zero-order valence-corrected chi connectivity index (χ0v) is 13.6. The van der Waals surface area contributed by atoms with E-state index in [1.165, 1.54) is 5.56 Å². The van der Waals surface area contributed by atoms with Crippen molar-refractivity contribution in [1.82, 2.24) is 10.3 Å². The number of nitrogens with zero attached hydrogens (tertiary/aromatic N) is 1. The van der Waals surface area contributed by atoms with Crippen molar-refractivity contribution in [3.05, 3.63) is 23.4 Å². The van der Waals surface area contributed by atoms with Crippen LogP contribution in [0.15, 0.2) is 12.1 Å². The first-order valence-electron chi connectivity index (χ1n) is 7.52. The van der Waals surface area contributed by atoms with Crippen LogP contribution in [0.25, 0.3) is 0 Å². The number of ether oxygens (including phenoxy) is 3. The van der Waals surface area contributed by atoms with E-state index < -0.39 is 0 Å². The van der Waals surface area contributed by atoms with Crippen LogP contribution in [-0.4, -0.2) is 45.6 Å². The van der Waals surface area contributed by atoms with Crippen molar-refractivity contribution in [2.45, 2.75) is 32.7 Å². The molecule has 1 rings (SSSR count). The van der Waals surface area contributed by atoms with E-state index in [1.807, 2.05) is 13.1 Å². The number of pyridine rings is 1. The van der Waals surface area contributed by atoms with Gasteiger partial charge in [0.2, 0.25) is 5.88 Å². The molecule has 5 heteroatoms. The smallest absolute Gasteiger partial charge is 0.213 e. The maximum atomic E-state index is 5.74. The molecule has 0 saturated heterocycles. The first kappa shape index (κ1) is 17.9. The zero-order valence-electron chi connectivity index (χ0n) is 13.6. The van der Waals surface area contributed by atoms with Crippen molar-refractivity contribution in [2.75, 3.05) is 40.6 Å². The van der Waals surface area contributed by atoms with Crippen molar-refractivity contribution in [2.24, 2.45) is 0 Å². The van der Waals surface area contributed by atoms with Crippen molar-refractivity contribution in [3.63, 3.8) is 0 Å². The molecule has 0 aliphatic carbocycles. The average molecular weight is 296 g/mol. The Bertz CT molecular complexity index is 397. The van der Waals surface area contributed by atoms with Gasteiger partial charge in [0.05, 0.1) is 19.8 Å². The number of methoxy groups -OCH3 is 1. The molecule has 0 unspecified atom stereocenters. The third kappa shape index (κ3) is 7.41. The Morgan fingerprint density at radius 1 is 1.14 bits per heavy atom. The molecule has 0 bridgehead atoms. The average Bonchev–Trinajstić information content (AvgIpc) is 2.46. The fraction of sp³-hybridized carbons (Fsp3) is 0.688. The van der Waals surface area contributed by atoms with E-state index in [0.717, 1.165) is 18.7 Å². The van der Waals surface area contributed by atoms with Crippen molar-refractivity contribution < 1.29 is 14.2 Å². The quantitative estimate of drug-likeness (QED) is 0.635. The largest absolute Gasteiger partial charge is 0.478 e. The van der Waals surface area contributed by atoms with Crippen LogP contribution in [0.4, 0.5) is 0 Å². The van der Waals surface area contributed by atoms with Gasteiger partial charge in [-0.15, -0.1) is 0 Å². The predicted octanol–water partition coefficient (Wildman–Crippen LogP) is 2.36. The molecule has 5 nitrogen and oxygen atoms in total. The summed E-state index contributed by atoms with van der Waals surface area (Å²) in [4.78, 5) is 4.55. The third-order valence-corrected chi connectivity index (χ3v) is 2.97. The fourth-order valence-corrected chi connectivity index (χ4v) is 1.84. The number of hydrogen-bond donors (Lipinski definition) is 1. The lowest BCUT2D eigenvalue weighted by Gasteiger charge is -2.12. The van der Waals surface area contributed by atoms with Crippen LogP contribution in [0, 0.1) is 0 Å². The minimum absolute atomic E-state index is 0.390. The minimum atomic E-state index is 0.390. The summed E-state index contributed by atoms with van der Waals surface area (Å²) in [6, 6.07) is 4.12. The summed E-state index contributed by atoms with van der Waals surface area (Å²) in [6.45, 7) is 7.64. The van der Waals surface area contributed by atoms with Crippen LogP contribution < -0.4 is 10.1 Å². The second-order valence-corrected chi connectivity index (χ2v) is 5.23. The van der Waals surface area contributed by atoms with E-state index in [-0.39, 0.29) is 0 Å². The van der Waals surface area contributed by atoms with Gasteiger partial charge in [-0.1, -0.05) is 13.8 Å². The lowest BCUT2D eigenvalue weighted by molar-refractivity contribution is 0.0642. The van der Waals surface area contributed by atoms with Gasteiger partial charge in [-0.05, 0) is 24.6 Å². The van der Waals surface area contributed by atoms with Crippen LogP contribution >= 0.6 is 0 Å². The second kappa shape index (κ2) is 10.5. The number of aromatic nitrogens is 1. The van der Waals surface area contributed by atoms with E-state index in [2.05, 4.69) is 30.2 Å². The number of nitrogens with one attached hydrogen (secondary N) is 1. The zero-order chi connectivity index (χ0) is 15.5. The highest BCUT2D eigenvalue weighted by molar-refractivity contribution is 5.26. The molecule has 0 saturated carbocycles. The summed E-state index contributed by atoms with van der Waals surface area (Å²) in [6.07, 6.45) is 0.846. The van der Waals surface area contributed by atoms with Crippen molar-refractivity contribution in [3.8, 4) is 5.88 Å². The van der Waals surface area contributed by atoms with Gasteiger partial charge in [0.25, 0.3) is 0 Å². The maximum Gasteiger partial charge on any atom is 0.213 e. The first-order chi connectivity index (χ1) is 10.2. The van der Waals surface area contributed by atoms with E-state index in [0.29, 0.717) is 38.2 Å².